The van der Waals surface area contributed by atoms with Crippen molar-refractivity contribution >= 4 is 23.1 Å². The predicted octanol–water partition coefficient (Wildman–Crippen LogP) is 5.41. The van der Waals surface area contributed by atoms with Gasteiger partial charge in [0.2, 0.25) is 0 Å². The maximum Gasteiger partial charge on any atom is 0.193 e. The molecule has 127 valence electrons. The molecule has 0 atom stereocenters. The van der Waals surface area contributed by atoms with Crippen LogP contribution in [0, 0.1) is 6.07 Å². The van der Waals surface area contributed by atoms with Crippen LogP contribution >= 0.6 is 11.6 Å². The first-order chi connectivity index (χ1) is 12.7. The molecule has 1 radical (unpaired) electrons. The van der Waals surface area contributed by atoms with Crippen LogP contribution in [0.25, 0.3) is 11.1 Å². The van der Waals surface area contributed by atoms with E-state index in [9.17, 15) is 4.79 Å². The molecule has 0 fully saturated rings. The first-order valence-electron chi connectivity index (χ1n) is 8.54. The Morgan fingerprint density at radius 1 is 0.923 bits per heavy atom. The molecule has 26 heavy (non-hydrogen) atoms. The third kappa shape index (κ3) is 3.16. The van der Waals surface area contributed by atoms with Gasteiger partial charge in [0.1, 0.15) is 0 Å². The molecule has 4 rings (SSSR count). The van der Waals surface area contributed by atoms with Gasteiger partial charge in [0, 0.05) is 29.8 Å². The Hall–Kier alpha value is -2.84. The van der Waals surface area contributed by atoms with E-state index in [1.165, 1.54) is 0 Å². The fraction of sp³-hybridized carbons (Fsp3) is 0.0870. The molecule has 0 saturated heterocycles. The number of halogens is 1. The molecule has 1 heterocycles. The first-order valence-corrected chi connectivity index (χ1v) is 8.92. The van der Waals surface area contributed by atoms with E-state index in [4.69, 9.17) is 11.6 Å². The minimum Gasteiger partial charge on any atom is -0.363 e. The predicted molar refractivity (Wildman–Crippen MR) is 107 cm³/mol. The molecule has 0 N–H and O–H groups in total. The topological polar surface area (TPSA) is 20.3 Å². The van der Waals surface area contributed by atoms with Crippen molar-refractivity contribution in [1.82, 2.24) is 0 Å². The smallest absolute Gasteiger partial charge is 0.193 e. The van der Waals surface area contributed by atoms with Crippen molar-refractivity contribution in [2.45, 2.75) is 0 Å². The Labute approximate surface area is 158 Å². The number of carbonyl (C=O) groups excluding carboxylic acids is 1. The van der Waals surface area contributed by atoms with Crippen LogP contribution in [0.1, 0.15) is 15.9 Å². The van der Waals surface area contributed by atoms with Crippen molar-refractivity contribution in [1.29, 1.82) is 0 Å². The number of anilines is 1. The van der Waals surface area contributed by atoms with E-state index < -0.39 is 0 Å². The number of rotatable bonds is 4. The molecule has 1 aliphatic rings. The van der Waals surface area contributed by atoms with Crippen LogP contribution < -0.4 is 4.90 Å². The van der Waals surface area contributed by atoms with Gasteiger partial charge < -0.3 is 4.90 Å². The molecule has 2 nitrogen and oxygen atoms in total. The highest BCUT2D eigenvalue weighted by molar-refractivity contribution is 6.36. The van der Waals surface area contributed by atoms with Crippen LogP contribution in [0.15, 0.2) is 78.9 Å². The fourth-order valence-corrected chi connectivity index (χ4v) is 3.52. The lowest BCUT2D eigenvalue weighted by atomic mass is 9.98. The molecule has 0 aliphatic carbocycles. The number of hydrogen-bond acceptors (Lipinski definition) is 2. The van der Waals surface area contributed by atoms with Gasteiger partial charge in [-0.25, -0.2) is 0 Å². The van der Waals surface area contributed by atoms with Crippen LogP contribution in [0.2, 0.25) is 5.02 Å². The Kier molecular flexibility index (Phi) is 4.59. The first kappa shape index (κ1) is 16.6. The average Bonchev–Trinajstić information content (AvgIpc) is 3.23. The van der Waals surface area contributed by atoms with Crippen LogP contribution in [-0.4, -0.2) is 18.9 Å². The van der Waals surface area contributed by atoms with E-state index in [-0.39, 0.29) is 5.78 Å². The monoisotopic (exact) mass is 358 g/mol. The quantitative estimate of drug-likeness (QED) is 0.459. The second-order valence-corrected chi connectivity index (χ2v) is 6.58. The summed E-state index contributed by atoms with van der Waals surface area (Å²) in [4.78, 5) is 14.9. The minimum absolute atomic E-state index is 0.00321. The molecular formula is C23H17ClNO. The molecule has 1 aliphatic heterocycles. The van der Waals surface area contributed by atoms with E-state index in [1.54, 1.807) is 0 Å². The highest BCUT2D eigenvalue weighted by atomic mass is 35.5. The summed E-state index contributed by atoms with van der Waals surface area (Å²) in [5.74, 6) is 0.00321. The summed E-state index contributed by atoms with van der Waals surface area (Å²) in [6.45, 7) is 1.71. The fourth-order valence-electron chi connectivity index (χ4n) is 3.17. The zero-order valence-electron chi connectivity index (χ0n) is 14.2. The standard InChI is InChI=1S/C23H17ClNO/c24-22-20(12-7-13-21(22)25-14-4-5-15-25)18-10-6-11-19(16-18)23(26)17-8-2-1-3-9-17/h1-11,13,16H,14-15H2. The van der Waals surface area contributed by atoms with Crippen molar-refractivity contribution in [3.8, 4) is 11.1 Å². The van der Waals surface area contributed by atoms with E-state index in [0.29, 0.717) is 16.1 Å². The third-order valence-electron chi connectivity index (χ3n) is 4.52. The maximum absolute atomic E-state index is 12.7. The van der Waals surface area contributed by atoms with E-state index in [2.05, 4.69) is 23.1 Å². The van der Waals surface area contributed by atoms with Crippen molar-refractivity contribution in [3.05, 3.63) is 101 Å². The average molecular weight is 359 g/mol. The number of hydrogen-bond donors (Lipinski definition) is 0. The number of carbonyl (C=O) groups is 1. The summed E-state index contributed by atoms with van der Waals surface area (Å²) in [5, 5.41) is 0.667. The summed E-state index contributed by atoms with van der Waals surface area (Å²) in [5.41, 5.74) is 4.03. The Morgan fingerprint density at radius 3 is 2.42 bits per heavy atom. The highest BCUT2D eigenvalue weighted by Gasteiger charge is 2.16. The molecule has 0 aromatic heterocycles. The molecule has 0 bridgehead atoms. The van der Waals surface area contributed by atoms with Gasteiger partial charge in [0.05, 0.1) is 10.7 Å². The second-order valence-electron chi connectivity index (χ2n) is 6.20. The summed E-state index contributed by atoms with van der Waals surface area (Å²) in [6.07, 6.45) is 4.26. The second kappa shape index (κ2) is 7.19. The molecule has 3 heteroatoms. The highest BCUT2D eigenvalue weighted by Crippen LogP contribution is 2.36. The molecule has 0 unspecified atom stereocenters. The number of benzene rings is 3. The summed E-state index contributed by atoms with van der Waals surface area (Å²) < 4.78 is 0. The molecule has 3 aromatic carbocycles. The van der Waals surface area contributed by atoms with E-state index >= 15 is 0 Å². The van der Waals surface area contributed by atoms with Gasteiger partial charge in [-0.05, 0) is 23.8 Å². The van der Waals surface area contributed by atoms with Gasteiger partial charge in [-0.2, -0.15) is 0 Å². The minimum atomic E-state index is 0.00321. The number of ketones is 1. The lowest BCUT2D eigenvalue weighted by Crippen LogP contribution is -2.18. The Morgan fingerprint density at radius 2 is 1.65 bits per heavy atom. The van der Waals surface area contributed by atoms with Gasteiger partial charge in [-0.3, -0.25) is 4.79 Å². The van der Waals surface area contributed by atoms with Crippen LogP contribution in [0.3, 0.4) is 0 Å². The molecule has 0 amide bonds. The number of nitrogens with zero attached hydrogens (tertiary/aromatic N) is 1. The zero-order valence-corrected chi connectivity index (χ0v) is 14.9. The summed E-state index contributed by atoms with van der Waals surface area (Å²) in [7, 11) is 0. The van der Waals surface area contributed by atoms with Crippen LogP contribution in [0.4, 0.5) is 5.69 Å². The van der Waals surface area contributed by atoms with Gasteiger partial charge in [0.25, 0.3) is 0 Å². The van der Waals surface area contributed by atoms with Crippen LogP contribution in [-0.2, 0) is 0 Å². The third-order valence-corrected chi connectivity index (χ3v) is 4.90. The SMILES string of the molecule is O=C(c1ccccc1)c1cccc(-c2[c]ccc(N3CC=CC3)c2Cl)c1. The van der Waals surface area contributed by atoms with Crippen molar-refractivity contribution in [2.75, 3.05) is 18.0 Å². The Bertz CT molecular complexity index is 971. The van der Waals surface area contributed by atoms with Crippen molar-refractivity contribution in [2.24, 2.45) is 0 Å². The lowest BCUT2D eigenvalue weighted by Gasteiger charge is -2.20. The van der Waals surface area contributed by atoms with Crippen molar-refractivity contribution in [3.63, 3.8) is 0 Å². The van der Waals surface area contributed by atoms with Crippen LogP contribution in [0.5, 0.6) is 0 Å². The van der Waals surface area contributed by atoms with Gasteiger partial charge >= 0.3 is 0 Å². The molecule has 0 spiro atoms. The lowest BCUT2D eigenvalue weighted by molar-refractivity contribution is 0.103. The molecular weight excluding hydrogens is 342 g/mol. The molecule has 3 aromatic rings. The Balaban J connectivity index is 1.71. The van der Waals surface area contributed by atoms with E-state index in [1.807, 2.05) is 66.7 Å². The van der Waals surface area contributed by atoms with Gasteiger partial charge in [-0.15, -0.1) is 0 Å². The molecule has 0 saturated carbocycles. The normalized spacial score (nSPS) is 13.2. The zero-order chi connectivity index (χ0) is 17.9. The summed E-state index contributed by atoms with van der Waals surface area (Å²) in [6, 6.07) is 24.0. The van der Waals surface area contributed by atoms with Crippen molar-refractivity contribution < 1.29 is 4.79 Å². The van der Waals surface area contributed by atoms with E-state index in [0.717, 1.165) is 29.9 Å². The largest absolute Gasteiger partial charge is 0.363 e. The van der Waals surface area contributed by atoms with Gasteiger partial charge in [-0.1, -0.05) is 78.4 Å². The summed E-state index contributed by atoms with van der Waals surface area (Å²) >= 11 is 6.69. The maximum atomic E-state index is 12.7. The van der Waals surface area contributed by atoms with Gasteiger partial charge in [0.15, 0.2) is 5.78 Å².